The molecule has 1 N–H and O–H groups in total. The van der Waals surface area contributed by atoms with Crippen molar-refractivity contribution in [2.24, 2.45) is 7.05 Å². The van der Waals surface area contributed by atoms with E-state index in [1.807, 2.05) is 17.8 Å². The van der Waals surface area contributed by atoms with Crippen molar-refractivity contribution in [3.63, 3.8) is 0 Å². The van der Waals surface area contributed by atoms with Gasteiger partial charge in [0.15, 0.2) is 0 Å². The number of carbonyl (C=O) groups is 1. The van der Waals surface area contributed by atoms with Crippen molar-refractivity contribution in [2.45, 2.75) is 20.4 Å². The molecule has 0 radical (unpaired) electrons. The number of imidazole rings is 1. The fourth-order valence-electron chi connectivity index (χ4n) is 0.689. The van der Waals surface area contributed by atoms with Crippen LogP contribution < -0.4 is 4.57 Å². The number of carboxylic acid groups (broad SMARTS) is 1. The summed E-state index contributed by atoms with van der Waals surface area (Å²) in [6.45, 7) is 4.26. The Labute approximate surface area is 94.5 Å². The molecular weight excluding hydrogens is 214 g/mol. The topological polar surface area (TPSA) is 68.4 Å². The first kappa shape index (κ1) is 15.9. The summed E-state index contributed by atoms with van der Waals surface area (Å²) in [4.78, 5) is 9.00. The third-order valence-corrected chi connectivity index (χ3v) is 1.19. The minimum absolute atomic E-state index is 0.833. The molecule has 1 heterocycles. The van der Waals surface area contributed by atoms with Gasteiger partial charge in [0.05, 0.1) is 13.6 Å². The highest BCUT2D eigenvalue weighted by Gasteiger charge is 1.92. The molecule has 0 bridgehead atoms. The summed E-state index contributed by atoms with van der Waals surface area (Å²) >= 11 is 3.70. The lowest BCUT2D eigenvalue weighted by Crippen LogP contribution is -2.23. The highest BCUT2D eigenvalue weighted by atomic mass is 32.1. The number of aryl methyl sites for hydroxylation is 2. The van der Waals surface area contributed by atoms with Crippen molar-refractivity contribution < 1.29 is 14.5 Å². The predicted molar refractivity (Wildman–Crippen MR) is 60.5 cm³/mol. The average Bonchev–Trinajstić information content (AvgIpc) is 2.51. The average molecular weight is 229 g/mol. The molecule has 0 spiro atoms. The minimum Gasteiger partial charge on any atom is -0.753 e. The van der Waals surface area contributed by atoms with E-state index in [0.29, 0.717) is 0 Å². The number of thiocarbonyl (C=S) groups is 1. The summed E-state index contributed by atoms with van der Waals surface area (Å²) < 4.78 is 4.16. The summed E-state index contributed by atoms with van der Waals surface area (Å²) in [6, 6.07) is 0. The Bertz CT molecular complexity index is 313. The Morgan fingerprint density at radius 3 is 2.27 bits per heavy atom. The Morgan fingerprint density at radius 1 is 1.73 bits per heavy atom. The van der Waals surface area contributed by atoms with Crippen molar-refractivity contribution in [2.75, 3.05) is 0 Å². The molecule has 0 amide bonds. The smallest absolute Gasteiger partial charge is 0.300 e. The molecule has 0 saturated heterocycles. The van der Waals surface area contributed by atoms with Gasteiger partial charge < -0.3 is 10.5 Å². The molecule has 0 aliphatic heterocycles. The van der Waals surface area contributed by atoms with Crippen molar-refractivity contribution in [3.05, 3.63) is 24.1 Å². The van der Waals surface area contributed by atoms with E-state index in [-0.39, 0.29) is 0 Å². The molecular formula is C9H15N3O2S. The van der Waals surface area contributed by atoms with Crippen LogP contribution in [0.5, 0.6) is 0 Å². The van der Waals surface area contributed by atoms with Crippen LogP contribution in [-0.2, 0) is 18.4 Å². The summed E-state index contributed by atoms with van der Waals surface area (Å²) in [5.74, 6) is -0.833. The Morgan fingerprint density at radius 2 is 2.13 bits per heavy atom. The van der Waals surface area contributed by atoms with Crippen molar-refractivity contribution in [1.29, 1.82) is 0 Å². The van der Waals surface area contributed by atoms with E-state index in [2.05, 4.69) is 36.2 Å². The molecule has 0 fully saturated rings. The van der Waals surface area contributed by atoms with Crippen molar-refractivity contribution in [1.82, 2.24) is 4.57 Å². The quantitative estimate of drug-likeness (QED) is 0.445. The molecule has 1 aromatic heterocycles. The summed E-state index contributed by atoms with van der Waals surface area (Å²) in [5.41, 5.74) is 0. The molecule has 0 aliphatic carbocycles. The van der Waals surface area contributed by atoms with Crippen LogP contribution in [0.15, 0.2) is 18.7 Å². The second-order valence-corrected chi connectivity index (χ2v) is 2.70. The molecule has 84 valence electrons. The highest BCUT2D eigenvalue weighted by Crippen LogP contribution is 1.79. The maximum Gasteiger partial charge on any atom is 0.300 e. The maximum absolute atomic E-state index is 9.00. The van der Waals surface area contributed by atoms with Gasteiger partial charge in [-0.25, -0.2) is 9.13 Å². The second kappa shape index (κ2) is 10.6. The van der Waals surface area contributed by atoms with E-state index in [0.717, 1.165) is 13.5 Å². The monoisotopic (exact) mass is 229 g/mol. The summed E-state index contributed by atoms with van der Waals surface area (Å²) in [7, 11) is 2.02. The van der Waals surface area contributed by atoms with E-state index in [1.54, 1.807) is 0 Å². The van der Waals surface area contributed by atoms with Gasteiger partial charge in [-0.15, -0.1) is 0 Å². The number of aromatic nitrogens is 2. The minimum atomic E-state index is -0.833. The molecule has 0 saturated carbocycles. The number of hydrogen-bond acceptors (Lipinski definition) is 2. The highest BCUT2D eigenvalue weighted by molar-refractivity contribution is 7.78. The van der Waals surface area contributed by atoms with Crippen LogP contribution >= 0.6 is 12.2 Å². The Balaban J connectivity index is 0. The number of carboxylic acids is 1. The predicted octanol–water partition coefficient (Wildman–Crippen LogP) is 1.08. The zero-order chi connectivity index (χ0) is 12.3. The zero-order valence-electron chi connectivity index (χ0n) is 9.04. The standard InChI is InChI=1S/C6H11N2.C2H4O2.CNS/c1-3-8-5-4-7(2)6-8;1-2(3)4;2-1-3/h4-6H,3H2,1-2H3;1H3,(H,3,4);/q+1;;-1. The van der Waals surface area contributed by atoms with Gasteiger partial charge in [0.2, 0.25) is 6.33 Å². The van der Waals surface area contributed by atoms with Crippen LogP contribution in [0.2, 0.25) is 0 Å². The number of hydrogen-bond donors (Lipinski definition) is 1. The van der Waals surface area contributed by atoms with E-state index < -0.39 is 5.97 Å². The van der Waals surface area contributed by atoms with Crippen LogP contribution in [-0.4, -0.2) is 20.8 Å². The first-order chi connectivity index (χ1) is 6.97. The number of nitrogens with zero attached hydrogens (tertiary/aromatic N) is 3. The van der Waals surface area contributed by atoms with E-state index >= 15 is 0 Å². The van der Waals surface area contributed by atoms with Crippen molar-refractivity contribution in [3.8, 4) is 0 Å². The van der Waals surface area contributed by atoms with Gasteiger partial charge in [-0.1, -0.05) is 12.2 Å². The van der Waals surface area contributed by atoms with E-state index in [4.69, 9.17) is 15.3 Å². The molecule has 5 nitrogen and oxygen atoms in total. The molecule has 1 rings (SSSR count). The lowest BCUT2D eigenvalue weighted by molar-refractivity contribution is -0.671. The van der Waals surface area contributed by atoms with Crippen LogP contribution in [0, 0.1) is 0 Å². The largest absolute Gasteiger partial charge is 0.753 e. The maximum atomic E-state index is 9.00. The lowest BCUT2D eigenvalue weighted by Gasteiger charge is -1.81. The van der Waals surface area contributed by atoms with Crippen LogP contribution in [0.3, 0.4) is 0 Å². The molecule has 15 heavy (non-hydrogen) atoms. The molecule has 0 atom stereocenters. The number of rotatable bonds is 1. The first-order valence-corrected chi connectivity index (χ1v) is 4.60. The lowest BCUT2D eigenvalue weighted by atomic mass is 10.7. The van der Waals surface area contributed by atoms with Crippen molar-refractivity contribution >= 4 is 23.3 Å². The van der Waals surface area contributed by atoms with Gasteiger partial charge in [-0.2, -0.15) is 5.16 Å². The third kappa shape index (κ3) is 15.3. The van der Waals surface area contributed by atoms with Gasteiger partial charge in [0.1, 0.15) is 12.4 Å². The van der Waals surface area contributed by atoms with Gasteiger partial charge in [-0.05, 0) is 6.92 Å². The number of isothiocyanates is 1. The Hall–Kier alpha value is -1.52. The zero-order valence-corrected chi connectivity index (χ0v) is 9.86. The van der Waals surface area contributed by atoms with Gasteiger partial charge in [-0.3, -0.25) is 4.79 Å². The second-order valence-electron chi connectivity index (χ2n) is 2.52. The van der Waals surface area contributed by atoms with Crippen LogP contribution in [0.1, 0.15) is 13.8 Å². The normalized spacial score (nSPS) is 7.40. The van der Waals surface area contributed by atoms with E-state index in [9.17, 15) is 0 Å². The Kier molecular flexibility index (Phi) is 11.2. The van der Waals surface area contributed by atoms with Gasteiger partial charge >= 0.3 is 0 Å². The summed E-state index contributed by atoms with van der Waals surface area (Å²) in [6.07, 6.45) is 6.14. The van der Waals surface area contributed by atoms with Crippen LogP contribution in [0.25, 0.3) is 5.41 Å². The molecule has 0 aliphatic rings. The molecule has 0 unspecified atom stereocenters. The van der Waals surface area contributed by atoms with Gasteiger partial charge in [0, 0.05) is 6.92 Å². The fraction of sp³-hybridized carbons (Fsp3) is 0.444. The summed E-state index contributed by atoms with van der Waals surface area (Å²) in [5, 5.41) is 15.9. The molecule has 0 aromatic carbocycles. The molecule has 6 heteroatoms. The van der Waals surface area contributed by atoms with E-state index in [1.165, 1.54) is 5.16 Å². The van der Waals surface area contributed by atoms with Gasteiger partial charge in [0.25, 0.3) is 5.97 Å². The molecule has 1 aromatic rings. The third-order valence-electron chi connectivity index (χ3n) is 1.19. The fourth-order valence-corrected chi connectivity index (χ4v) is 0.689. The first-order valence-electron chi connectivity index (χ1n) is 4.19. The number of aliphatic carboxylic acids is 1. The van der Waals surface area contributed by atoms with Crippen LogP contribution in [0.4, 0.5) is 0 Å². The SMILES string of the molecule is CC(=O)O.CCn1cc[n+](C)c1.[N-]=C=S.